The first-order chi connectivity index (χ1) is 5.70. The first-order valence-electron chi connectivity index (χ1n) is 3.69. The minimum atomic E-state index is 0.745. The Morgan fingerprint density at radius 2 is 2.33 bits per heavy atom. The molecule has 0 fully saturated rings. The number of aromatic nitrogens is 1. The molecule has 0 aromatic carbocycles. The third-order valence-corrected chi connectivity index (χ3v) is 2.22. The summed E-state index contributed by atoms with van der Waals surface area (Å²) < 4.78 is 0. The van der Waals surface area contributed by atoms with E-state index in [4.69, 9.17) is 11.6 Å². The van der Waals surface area contributed by atoms with Gasteiger partial charge in [-0.15, -0.1) is 0 Å². The lowest BCUT2D eigenvalue weighted by molar-refractivity contribution is 0.763. The summed E-state index contributed by atoms with van der Waals surface area (Å²) in [5.41, 5.74) is 4.13. The second kappa shape index (κ2) is 2.61. The molecule has 0 unspecified atom stereocenters. The highest BCUT2D eigenvalue weighted by Gasteiger charge is 2.26. The normalized spacial score (nSPS) is 16.8. The first-order valence-corrected chi connectivity index (χ1v) is 4.07. The molecular weight excluding hydrogens is 174 g/mol. The van der Waals surface area contributed by atoms with Gasteiger partial charge in [0.15, 0.2) is 0 Å². The van der Waals surface area contributed by atoms with Crippen LogP contribution in [0.5, 0.6) is 0 Å². The van der Waals surface area contributed by atoms with Gasteiger partial charge in [-0.25, -0.2) is 10.4 Å². The Kier molecular flexibility index (Phi) is 1.70. The maximum Gasteiger partial charge on any atom is 0.149 e. The predicted octanol–water partition coefficient (Wildman–Crippen LogP) is 1.59. The van der Waals surface area contributed by atoms with Crippen LogP contribution in [0.15, 0.2) is 12.3 Å². The second-order valence-electron chi connectivity index (χ2n) is 2.79. The van der Waals surface area contributed by atoms with Crippen LogP contribution in [-0.4, -0.2) is 12.0 Å². The Morgan fingerprint density at radius 3 is 3.00 bits per heavy atom. The van der Waals surface area contributed by atoms with Gasteiger partial charge in [0.2, 0.25) is 0 Å². The van der Waals surface area contributed by atoms with E-state index in [2.05, 4.69) is 10.4 Å². The summed E-state index contributed by atoms with van der Waals surface area (Å²) in [6.07, 6.45) is 1.71. The number of hydrogen-bond donors (Lipinski definition) is 1. The van der Waals surface area contributed by atoms with Gasteiger partial charge < -0.3 is 0 Å². The van der Waals surface area contributed by atoms with Crippen molar-refractivity contribution in [3.63, 3.8) is 0 Å². The average molecular weight is 183 g/mol. The van der Waals surface area contributed by atoms with Crippen LogP contribution in [0, 0.1) is 6.04 Å². The second-order valence-corrected chi connectivity index (χ2v) is 3.19. The number of rotatable bonds is 0. The Morgan fingerprint density at radius 1 is 1.58 bits per heavy atom. The van der Waals surface area contributed by atoms with Crippen molar-refractivity contribution >= 4 is 17.4 Å². The van der Waals surface area contributed by atoms with Crippen LogP contribution in [0.2, 0.25) is 5.02 Å². The molecule has 2 heterocycles. The molecule has 0 amide bonds. The zero-order chi connectivity index (χ0) is 8.72. The maximum atomic E-state index is 6.00. The molecule has 4 heteroatoms. The summed E-state index contributed by atoms with van der Waals surface area (Å²) in [5.74, 6) is 0.889. The van der Waals surface area contributed by atoms with Gasteiger partial charge in [-0.3, -0.25) is 5.01 Å². The van der Waals surface area contributed by atoms with Crippen molar-refractivity contribution in [3.8, 4) is 0 Å². The standard InChI is InChI=1S/C8H9ClN3/c1-5-7-6(9)3-4-10-8(7)12(2)11-5/h3-4,11H,1-2H3. The zero-order valence-electron chi connectivity index (χ0n) is 6.93. The lowest BCUT2D eigenvalue weighted by Gasteiger charge is -2.10. The number of fused-ring (bicyclic) bond motifs is 1. The highest BCUT2D eigenvalue weighted by atomic mass is 35.5. The van der Waals surface area contributed by atoms with Crippen molar-refractivity contribution < 1.29 is 0 Å². The third kappa shape index (κ3) is 0.974. The molecule has 0 atom stereocenters. The SMILES string of the molecule is C[C]1NN(C)c2nccc(Cl)c21. The van der Waals surface area contributed by atoms with Gasteiger partial charge in [-0.1, -0.05) is 11.6 Å². The van der Waals surface area contributed by atoms with Crippen LogP contribution >= 0.6 is 11.6 Å². The van der Waals surface area contributed by atoms with Gasteiger partial charge in [0.25, 0.3) is 0 Å². The molecule has 1 aliphatic heterocycles. The fraction of sp³-hybridized carbons (Fsp3) is 0.250. The van der Waals surface area contributed by atoms with Gasteiger partial charge in [0, 0.05) is 18.8 Å². The molecular formula is C8H9ClN3. The highest BCUT2D eigenvalue weighted by Crippen LogP contribution is 2.33. The molecule has 1 radical (unpaired) electrons. The van der Waals surface area contributed by atoms with Crippen LogP contribution in [0.4, 0.5) is 5.82 Å². The van der Waals surface area contributed by atoms with E-state index in [-0.39, 0.29) is 0 Å². The number of nitrogens with zero attached hydrogens (tertiary/aromatic N) is 2. The number of nitrogens with one attached hydrogen (secondary N) is 1. The van der Waals surface area contributed by atoms with Gasteiger partial charge in [-0.05, 0) is 13.0 Å². The summed E-state index contributed by atoms with van der Waals surface area (Å²) in [4.78, 5) is 4.21. The number of pyridine rings is 1. The molecule has 0 bridgehead atoms. The van der Waals surface area contributed by atoms with Crippen LogP contribution in [0.3, 0.4) is 0 Å². The number of halogens is 1. The third-order valence-electron chi connectivity index (χ3n) is 1.91. The van der Waals surface area contributed by atoms with E-state index in [1.807, 2.05) is 19.0 Å². The van der Waals surface area contributed by atoms with Crippen molar-refractivity contribution in [1.82, 2.24) is 10.4 Å². The number of hydrogen-bond acceptors (Lipinski definition) is 3. The smallest absolute Gasteiger partial charge is 0.149 e. The van der Waals surface area contributed by atoms with Crippen LogP contribution in [0.25, 0.3) is 0 Å². The zero-order valence-corrected chi connectivity index (χ0v) is 7.68. The van der Waals surface area contributed by atoms with Gasteiger partial charge in [0.05, 0.1) is 11.1 Å². The maximum absolute atomic E-state index is 6.00. The predicted molar refractivity (Wildman–Crippen MR) is 48.8 cm³/mol. The molecule has 1 aromatic heterocycles. The van der Waals surface area contributed by atoms with Gasteiger partial charge in [-0.2, -0.15) is 0 Å². The molecule has 0 spiro atoms. The van der Waals surface area contributed by atoms with E-state index in [9.17, 15) is 0 Å². The van der Waals surface area contributed by atoms with E-state index in [1.165, 1.54) is 0 Å². The molecule has 0 aliphatic carbocycles. The fourth-order valence-corrected chi connectivity index (χ4v) is 1.67. The summed E-state index contributed by atoms with van der Waals surface area (Å²) in [7, 11) is 1.92. The van der Waals surface area contributed by atoms with Crippen LogP contribution in [0.1, 0.15) is 12.5 Å². The minimum absolute atomic E-state index is 0.745. The summed E-state index contributed by atoms with van der Waals surface area (Å²) in [5, 5.41) is 2.60. The molecule has 0 saturated heterocycles. The molecule has 0 saturated carbocycles. The lowest BCUT2D eigenvalue weighted by Crippen LogP contribution is -2.29. The van der Waals surface area contributed by atoms with Crippen molar-refractivity contribution in [2.75, 3.05) is 12.1 Å². The van der Waals surface area contributed by atoms with E-state index >= 15 is 0 Å². The average Bonchev–Trinajstić information content (AvgIpc) is 2.29. The van der Waals surface area contributed by atoms with E-state index in [0.29, 0.717) is 0 Å². The monoisotopic (exact) mass is 182 g/mol. The molecule has 63 valence electrons. The van der Waals surface area contributed by atoms with Crippen LogP contribution in [-0.2, 0) is 0 Å². The number of anilines is 1. The highest BCUT2D eigenvalue weighted by molar-refractivity contribution is 6.32. The first kappa shape index (κ1) is 7.83. The Bertz CT molecular complexity index is 313. The van der Waals surface area contributed by atoms with Crippen LogP contribution < -0.4 is 10.4 Å². The Hall–Kier alpha value is -0.800. The van der Waals surface area contributed by atoms with Crippen molar-refractivity contribution in [3.05, 3.63) is 28.9 Å². The van der Waals surface area contributed by atoms with Crippen molar-refractivity contribution in [2.45, 2.75) is 6.92 Å². The van der Waals surface area contributed by atoms with Crippen molar-refractivity contribution in [1.29, 1.82) is 0 Å². The van der Waals surface area contributed by atoms with Gasteiger partial charge in [0.1, 0.15) is 5.82 Å². The Balaban J connectivity index is 2.59. The molecule has 1 aliphatic rings. The molecule has 1 N–H and O–H groups in total. The van der Waals surface area contributed by atoms with Gasteiger partial charge >= 0.3 is 0 Å². The van der Waals surface area contributed by atoms with E-state index in [0.717, 1.165) is 22.4 Å². The summed E-state index contributed by atoms with van der Waals surface area (Å²) >= 11 is 6.00. The molecule has 1 aromatic rings. The lowest BCUT2D eigenvalue weighted by atomic mass is 10.1. The van der Waals surface area contributed by atoms with E-state index < -0.39 is 0 Å². The molecule has 3 nitrogen and oxygen atoms in total. The topological polar surface area (TPSA) is 28.2 Å². The minimum Gasteiger partial charge on any atom is -0.294 e. The Labute approximate surface area is 76.3 Å². The largest absolute Gasteiger partial charge is 0.294 e. The quantitative estimate of drug-likeness (QED) is 0.661. The van der Waals surface area contributed by atoms with E-state index in [1.54, 1.807) is 12.3 Å². The summed E-state index contributed by atoms with van der Waals surface area (Å²) in [6.45, 7) is 1.98. The number of hydrazine groups is 1. The molecule has 12 heavy (non-hydrogen) atoms. The van der Waals surface area contributed by atoms with Crippen molar-refractivity contribution in [2.24, 2.45) is 0 Å². The molecule has 2 rings (SSSR count). The fourth-order valence-electron chi connectivity index (χ4n) is 1.39. The summed E-state index contributed by atoms with van der Waals surface area (Å²) in [6, 6.07) is 2.84.